The SMILES string of the molecule is CCCCCC/C=C\C=C/CCCCCCCC(=O)O[C@H](COC(=O)CCCCCCCCC(C)C)COP(=O)(O)OC[C@H](O)COP(=O)(O)OC[C@@H](COC(=O)CCCCCCCCCCC(C)C)OC(=O)CCCCCCCCCCCCCCCC(C)C. The Morgan fingerprint density at radius 2 is 0.593 bits per heavy atom. The molecule has 2 unspecified atom stereocenters. The highest BCUT2D eigenvalue weighted by Crippen LogP contribution is 2.45. The van der Waals surface area contributed by atoms with Gasteiger partial charge in [-0.15, -0.1) is 0 Å². The highest BCUT2D eigenvalue weighted by Gasteiger charge is 2.30. The van der Waals surface area contributed by atoms with Crippen molar-refractivity contribution in [1.82, 2.24) is 0 Å². The van der Waals surface area contributed by atoms with Crippen LogP contribution in [0.1, 0.15) is 337 Å². The van der Waals surface area contributed by atoms with Crippen LogP contribution in [0.25, 0.3) is 0 Å². The summed E-state index contributed by atoms with van der Waals surface area (Å²) in [6.45, 7) is 11.7. The van der Waals surface area contributed by atoms with Crippen LogP contribution in [-0.4, -0.2) is 96.7 Å². The van der Waals surface area contributed by atoms with Crippen LogP contribution in [0.4, 0.5) is 0 Å². The molecule has 0 aromatic heterocycles. The predicted molar refractivity (Wildman–Crippen MR) is 367 cm³/mol. The smallest absolute Gasteiger partial charge is 0.462 e. The number of phosphoric acid groups is 2. The number of ether oxygens (including phenoxy) is 4. The van der Waals surface area contributed by atoms with Gasteiger partial charge >= 0.3 is 39.5 Å². The number of phosphoric ester groups is 2. The summed E-state index contributed by atoms with van der Waals surface area (Å²) < 4.78 is 68.3. The number of carbonyl (C=O) groups is 4. The lowest BCUT2D eigenvalue weighted by molar-refractivity contribution is -0.161. The van der Waals surface area contributed by atoms with Crippen LogP contribution in [-0.2, 0) is 65.4 Å². The number of hydrogen-bond acceptors (Lipinski definition) is 15. The molecule has 0 radical (unpaired) electrons. The third kappa shape index (κ3) is 66.0. The molecule has 0 saturated heterocycles. The minimum absolute atomic E-state index is 0.0835. The summed E-state index contributed by atoms with van der Waals surface area (Å²) in [5.74, 6) is 0.0288. The van der Waals surface area contributed by atoms with Gasteiger partial charge in [-0.05, 0) is 69.1 Å². The Labute approximate surface area is 554 Å². The van der Waals surface area contributed by atoms with Gasteiger partial charge < -0.3 is 33.8 Å². The fourth-order valence-corrected chi connectivity index (χ4v) is 11.9. The monoisotopic (exact) mass is 1330 g/mol. The predicted octanol–water partition coefficient (Wildman–Crippen LogP) is 20.2. The zero-order chi connectivity index (χ0) is 67.3. The Balaban J connectivity index is 5.27. The zero-order valence-electron chi connectivity index (χ0n) is 58.8. The second kappa shape index (κ2) is 62.4. The van der Waals surface area contributed by atoms with Crippen molar-refractivity contribution in [2.24, 2.45) is 17.8 Å². The van der Waals surface area contributed by atoms with Crippen LogP contribution in [0, 0.1) is 17.8 Å². The lowest BCUT2D eigenvalue weighted by Gasteiger charge is -2.21. The number of hydrogen-bond donors (Lipinski definition) is 3. The lowest BCUT2D eigenvalue weighted by atomic mass is 10.0. The maximum atomic E-state index is 13.0. The van der Waals surface area contributed by atoms with Crippen LogP contribution < -0.4 is 0 Å². The molecule has 0 saturated carbocycles. The maximum Gasteiger partial charge on any atom is 0.472 e. The molecule has 3 N–H and O–H groups in total. The molecule has 91 heavy (non-hydrogen) atoms. The summed E-state index contributed by atoms with van der Waals surface area (Å²) >= 11 is 0. The number of allylic oxidation sites excluding steroid dienone is 4. The second-order valence-corrected chi connectivity index (χ2v) is 29.6. The van der Waals surface area contributed by atoms with Crippen molar-refractivity contribution in [3.05, 3.63) is 24.3 Å². The van der Waals surface area contributed by atoms with Gasteiger partial charge in [0.2, 0.25) is 0 Å². The van der Waals surface area contributed by atoms with Gasteiger partial charge in [-0.1, -0.05) is 285 Å². The molecule has 5 atom stereocenters. The highest BCUT2D eigenvalue weighted by atomic mass is 31.2. The van der Waals surface area contributed by atoms with Gasteiger partial charge in [0, 0.05) is 25.7 Å². The first-order valence-electron chi connectivity index (χ1n) is 36.7. The van der Waals surface area contributed by atoms with E-state index in [0.29, 0.717) is 31.6 Å². The number of esters is 4. The van der Waals surface area contributed by atoms with E-state index in [1.165, 1.54) is 128 Å². The van der Waals surface area contributed by atoms with Crippen molar-refractivity contribution < 1.29 is 80.2 Å². The molecular formula is C72H136O17P2. The van der Waals surface area contributed by atoms with Gasteiger partial charge in [0.05, 0.1) is 26.4 Å². The largest absolute Gasteiger partial charge is 0.472 e. The van der Waals surface area contributed by atoms with E-state index in [-0.39, 0.29) is 25.7 Å². The summed E-state index contributed by atoms with van der Waals surface area (Å²) in [5, 5.41) is 10.6. The molecule has 0 amide bonds. The fourth-order valence-electron chi connectivity index (χ4n) is 10.4. The van der Waals surface area contributed by atoms with E-state index in [1.807, 2.05) is 0 Å². The van der Waals surface area contributed by atoms with Gasteiger partial charge in [0.25, 0.3) is 0 Å². The molecule has 0 spiro atoms. The Kier molecular flexibility index (Phi) is 60.7. The Morgan fingerprint density at radius 1 is 0.341 bits per heavy atom. The van der Waals surface area contributed by atoms with Crippen LogP contribution in [0.3, 0.4) is 0 Å². The minimum Gasteiger partial charge on any atom is -0.462 e. The fraction of sp³-hybridized carbons (Fsp3) is 0.889. The highest BCUT2D eigenvalue weighted by molar-refractivity contribution is 7.47. The van der Waals surface area contributed by atoms with Crippen LogP contribution in [0.15, 0.2) is 24.3 Å². The van der Waals surface area contributed by atoms with Gasteiger partial charge in [-0.3, -0.25) is 37.3 Å². The van der Waals surface area contributed by atoms with E-state index in [4.69, 9.17) is 37.0 Å². The van der Waals surface area contributed by atoms with Crippen molar-refractivity contribution in [1.29, 1.82) is 0 Å². The van der Waals surface area contributed by atoms with Crippen molar-refractivity contribution in [3.63, 3.8) is 0 Å². The lowest BCUT2D eigenvalue weighted by Crippen LogP contribution is -2.30. The molecule has 0 aromatic rings. The average molecular weight is 1340 g/mol. The number of aliphatic hydroxyl groups is 1. The zero-order valence-corrected chi connectivity index (χ0v) is 60.6. The minimum atomic E-state index is -4.96. The van der Waals surface area contributed by atoms with E-state index >= 15 is 0 Å². The van der Waals surface area contributed by atoms with Crippen LogP contribution in [0.2, 0.25) is 0 Å². The molecule has 0 aliphatic rings. The molecule has 536 valence electrons. The summed E-state index contributed by atoms with van der Waals surface area (Å²) in [7, 11) is -9.92. The molecule has 19 heteroatoms. The topological polar surface area (TPSA) is 237 Å². The molecule has 0 aliphatic heterocycles. The molecule has 0 bridgehead atoms. The molecule has 0 fully saturated rings. The maximum absolute atomic E-state index is 13.0. The Hall–Kier alpha value is -2.46. The van der Waals surface area contributed by atoms with E-state index in [0.717, 1.165) is 121 Å². The molecule has 0 aromatic carbocycles. The van der Waals surface area contributed by atoms with Gasteiger partial charge in [0.15, 0.2) is 12.2 Å². The molecule has 0 heterocycles. The van der Waals surface area contributed by atoms with Gasteiger partial charge in [0.1, 0.15) is 19.3 Å². The van der Waals surface area contributed by atoms with Crippen LogP contribution in [0.5, 0.6) is 0 Å². The van der Waals surface area contributed by atoms with Crippen molar-refractivity contribution in [3.8, 4) is 0 Å². The molecule has 0 rings (SSSR count). The van der Waals surface area contributed by atoms with Crippen molar-refractivity contribution in [2.45, 2.75) is 356 Å². The molecule has 17 nitrogen and oxygen atoms in total. The van der Waals surface area contributed by atoms with E-state index < -0.39 is 97.5 Å². The van der Waals surface area contributed by atoms with E-state index in [9.17, 15) is 43.2 Å². The summed E-state index contributed by atoms with van der Waals surface area (Å²) in [6.07, 6.45) is 49.6. The second-order valence-electron chi connectivity index (χ2n) is 26.7. The molecule has 0 aliphatic carbocycles. The standard InChI is InChI=1S/C72H136O17P2/c1-8-9-10-11-12-13-14-15-16-19-22-25-32-41-48-55-72(77)89-68(60-83-70(75)54-47-40-35-34-38-45-52-65(6)7)62-87-91(80,81)85-58-66(73)57-84-90(78,79)86-61-67(59-82-69(74)53-46-39-31-28-27-30-37-44-51-64(4)5)88-71(76)56-49-42-33-26-23-20-17-18-21-24-29-36-43-50-63(2)3/h13-16,63-68,73H,8-12,17-62H2,1-7H3,(H,78,79)(H,80,81)/b14-13-,16-15-/t66-,67-,68-/m1/s1. The first-order chi connectivity index (χ1) is 43.7. The third-order valence-corrected chi connectivity index (χ3v) is 17.9. The normalized spacial score (nSPS) is 14.3. The summed E-state index contributed by atoms with van der Waals surface area (Å²) in [5.41, 5.74) is 0. The third-order valence-electron chi connectivity index (χ3n) is 16.0. The van der Waals surface area contributed by atoms with Gasteiger partial charge in [-0.25, -0.2) is 9.13 Å². The summed E-state index contributed by atoms with van der Waals surface area (Å²) in [4.78, 5) is 72.6. The number of unbranched alkanes of at least 4 members (excludes halogenated alkanes) is 33. The number of rotatable bonds is 68. The molecular weight excluding hydrogens is 1200 g/mol. The van der Waals surface area contributed by atoms with E-state index in [2.05, 4.69) is 72.8 Å². The van der Waals surface area contributed by atoms with Crippen molar-refractivity contribution in [2.75, 3.05) is 39.6 Å². The quantitative estimate of drug-likeness (QED) is 0.0169. The first kappa shape index (κ1) is 88.5. The Bertz CT molecular complexity index is 1880. The van der Waals surface area contributed by atoms with E-state index in [1.54, 1.807) is 0 Å². The number of carbonyl (C=O) groups excluding carboxylic acids is 4. The summed E-state index contributed by atoms with van der Waals surface area (Å²) in [6, 6.07) is 0. The van der Waals surface area contributed by atoms with Gasteiger partial charge in [-0.2, -0.15) is 0 Å². The number of aliphatic hydroxyl groups excluding tert-OH is 1. The first-order valence-corrected chi connectivity index (χ1v) is 39.7. The Morgan fingerprint density at radius 3 is 0.890 bits per heavy atom. The van der Waals surface area contributed by atoms with Crippen LogP contribution >= 0.6 is 15.6 Å². The average Bonchev–Trinajstić information content (AvgIpc) is 3.70. The van der Waals surface area contributed by atoms with Crippen molar-refractivity contribution >= 4 is 39.5 Å².